The largest absolute Gasteiger partial charge is 0.370 e. The third-order valence-corrected chi connectivity index (χ3v) is 7.23. The molecule has 2 aromatic rings. The smallest absolute Gasteiger partial charge is 0.257 e. The van der Waals surface area contributed by atoms with E-state index < -0.39 is 10.0 Å². The molecule has 1 aromatic heterocycles. The number of nitrogens with one attached hydrogen (secondary N) is 1. The fourth-order valence-corrected chi connectivity index (χ4v) is 5.00. The van der Waals surface area contributed by atoms with Gasteiger partial charge in [0, 0.05) is 38.1 Å². The molecule has 29 heavy (non-hydrogen) atoms. The highest BCUT2D eigenvalue weighted by molar-refractivity contribution is 7.89. The van der Waals surface area contributed by atoms with Crippen molar-refractivity contribution in [3.8, 4) is 0 Å². The van der Waals surface area contributed by atoms with Crippen LogP contribution in [0.3, 0.4) is 0 Å². The molecule has 1 saturated heterocycles. The minimum atomic E-state index is -3.62. The first kappa shape index (κ1) is 21.3. The maximum atomic E-state index is 13.0. The molecule has 3 rings (SSSR count). The molecule has 1 aliphatic heterocycles. The number of benzene rings is 1. The van der Waals surface area contributed by atoms with Gasteiger partial charge in [-0.2, -0.15) is 4.31 Å². The lowest BCUT2D eigenvalue weighted by Gasteiger charge is -2.24. The summed E-state index contributed by atoms with van der Waals surface area (Å²) in [5.41, 5.74) is 2.60. The maximum absolute atomic E-state index is 13.0. The second-order valence-corrected chi connectivity index (χ2v) is 9.04. The van der Waals surface area contributed by atoms with Crippen molar-refractivity contribution in [2.75, 3.05) is 36.4 Å². The average molecular weight is 417 g/mol. The molecule has 1 aliphatic rings. The standard InChI is InChI=1S/C21H28N4O3S/c1-4-25(5-2)29(27,28)18-10-11-20(24-12-6-7-13-24)19(14-18)23-21(26)17-9-8-16(3)22-15-17/h8-11,14-15H,4-7,12-13H2,1-3H3,(H,23,26). The predicted octanol–water partition coefficient (Wildman–Crippen LogP) is 3.27. The van der Waals surface area contributed by atoms with E-state index in [1.165, 1.54) is 10.5 Å². The summed E-state index contributed by atoms with van der Waals surface area (Å²) in [6.45, 7) is 8.04. The van der Waals surface area contributed by atoms with Gasteiger partial charge in [-0.3, -0.25) is 9.78 Å². The number of sulfonamides is 1. The van der Waals surface area contributed by atoms with Crippen LogP contribution in [-0.2, 0) is 10.0 Å². The summed E-state index contributed by atoms with van der Waals surface area (Å²) in [5.74, 6) is -0.310. The molecule has 0 radical (unpaired) electrons. The van der Waals surface area contributed by atoms with E-state index in [9.17, 15) is 13.2 Å². The summed E-state index contributed by atoms with van der Waals surface area (Å²) in [6, 6.07) is 8.48. The van der Waals surface area contributed by atoms with Crippen molar-refractivity contribution in [1.29, 1.82) is 0 Å². The second kappa shape index (κ2) is 8.92. The molecule has 8 heteroatoms. The van der Waals surface area contributed by atoms with E-state index in [-0.39, 0.29) is 10.8 Å². The fourth-order valence-electron chi connectivity index (χ4n) is 3.52. The first-order valence-electron chi connectivity index (χ1n) is 10.00. The van der Waals surface area contributed by atoms with Gasteiger partial charge in [-0.15, -0.1) is 0 Å². The van der Waals surface area contributed by atoms with Gasteiger partial charge in [0.15, 0.2) is 0 Å². The van der Waals surface area contributed by atoms with Crippen molar-refractivity contribution in [2.45, 2.75) is 38.5 Å². The normalized spacial score (nSPS) is 14.4. The van der Waals surface area contributed by atoms with E-state index in [0.29, 0.717) is 24.3 Å². The summed E-state index contributed by atoms with van der Waals surface area (Å²) in [5, 5.41) is 2.91. The van der Waals surface area contributed by atoms with Crippen molar-refractivity contribution in [2.24, 2.45) is 0 Å². The molecule has 0 atom stereocenters. The quantitative estimate of drug-likeness (QED) is 0.749. The third kappa shape index (κ3) is 4.59. The summed E-state index contributed by atoms with van der Waals surface area (Å²) < 4.78 is 27.3. The summed E-state index contributed by atoms with van der Waals surface area (Å²) in [7, 11) is -3.62. The Labute approximate surface area is 172 Å². The van der Waals surface area contributed by atoms with Gasteiger partial charge in [-0.05, 0) is 50.1 Å². The highest BCUT2D eigenvalue weighted by Crippen LogP contribution is 2.32. The lowest BCUT2D eigenvalue weighted by molar-refractivity contribution is 0.102. The van der Waals surface area contributed by atoms with Crippen LogP contribution in [0.1, 0.15) is 42.7 Å². The Morgan fingerprint density at radius 2 is 1.83 bits per heavy atom. The van der Waals surface area contributed by atoms with E-state index in [1.807, 2.05) is 20.8 Å². The minimum absolute atomic E-state index is 0.182. The molecule has 1 N–H and O–H groups in total. The molecule has 0 aliphatic carbocycles. The van der Waals surface area contributed by atoms with Gasteiger partial charge >= 0.3 is 0 Å². The van der Waals surface area contributed by atoms with Crippen LogP contribution in [0, 0.1) is 6.92 Å². The number of carbonyl (C=O) groups is 1. The zero-order chi connectivity index (χ0) is 21.0. The summed E-state index contributed by atoms with van der Waals surface area (Å²) >= 11 is 0. The van der Waals surface area contributed by atoms with Crippen molar-refractivity contribution in [3.63, 3.8) is 0 Å². The number of hydrogen-bond acceptors (Lipinski definition) is 5. The molecule has 7 nitrogen and oxygen atoms in total. The minimum Gasteiger partial charge on any atom is -0.370 e. The Hall–Kier alpha value is -2.45. The van der Waals surface area contributed by atoms with E-state index in [0.717, 1.165) is 37.3 Å². The molecule has 156 valence electrons. The first-order chi connectivity index (χ1) is 13.9. The molecular formula is C21H28N4O3S. The number of nitrogens with zero attached hydrogens (tertiary/aromatic N) is 3. The van der Waals surface area contributed by atoms with Gasteiger partial charge in [-0.25, -0.2) is 8.42 Å². The number of hydrogen-bond donors (Lipinski definition) is 1. The molecule has 2 heterocycles. The number of pyridine rings is 1. The van der Waals surface area contributed by atoms with Crippen LogP contribution < -0.4 is 10.2 Å². The summed E-state index contributed by atoms with van der Waals surface area (Å²) in [4.78, 5) is 19.3. The fraction of sp³-hybridized carbons (Fsp3) is 0.429. The van der Waals surface area contributed by atoms with Crippen LogP contribution in [0.25, 0.3) is 0 Å². The molecule has 1 amide bonds. The highest BCUT2D eigenvalue weighted by Gasteiger charge is 2.25. The Kier molecular flexibility index (Phi) is 6.54. The topological polar surface area (TPSA) is 82.6 Å². The van der Waals surface area contributed by atoms with E-state index in [4.69, 9.17) is 0 Å². The lowest BCUT2D eigenvalue weighted by atomic mass is 10.2. The van der Waals surface area contributed by atoms with Gasteiger partial charge in [-0.1, -0.05) is 13.8 Å². The van der Waals surface area contributed by atoms with E-state index in [2.05, 4.69) is 15.2 Å². The van der Waals surface area contributed by atoms with Crippen LogP contribution in [0.5, 0.6) is 0 Å². The number of rotatable bonds is 7. The maximum Gasteiger partial charge on any atom is 0.257 e. The molecule has 0 unspecified atom stereocenters. The number of anilines is 2. The van der Waals surface area contributed by atoms with Gasteiger partial charge in [0.25, 0.3) is 5.91 Å². The third-order valence-electron chi connectivity index (χ3n) is 5.18. The molecule has 0 spiro atoms. The molecule has 1 aromatic carbocycles. The molecular weight excluding hydrogens is 388 g/mol. The average Bonchev–Trinajstić information content (AvgIpc) is 3.23. The molecule has 0 bridgehead atoms. The Morgan fingerprint density at radius 1 is 1.14 bits per heavy atom. The van der Waals surface area contributed by atoms with Gasteiger partial charge in [0.1, 0.15) is 0 Å². The summed E-state index contributed by atoms with van der Waals surface area (Å²) in [6.07, 6.45) is 3.68. The van der Waals surface area contributed by atoms with E-state index >= 15 is 0 Å². The molecule has 1 fully saturated rings. The van der Waals surface area contributed by atoms with Crippen molar-refractivity contribution in [3.05, 3.63) is 47.8 Å². The Morgan fingerprint density at radius 3 is 2.41 bits per heavy atom. The van der Waals surface area contributed by atoms with Crippen LogP contribution >= 0.6 is 0 Å². The zero-order valence-corrected chi connectivity index (χ0v) is 18.0. The van der Waals surface area contributed by atoms with Crippen LogP contribution in [0.2, 0.25) is 0 Å². The van der Waals surface area contributed by atoms with Gasteiger partial charge < -0.3 is 10.2 Å². The molecule has 0 saturated carbocycles. The second-order valence-electron chi connectivity index (χ2n) is 7.10. The van der Waals surface area contributed by atoms with Crippen LogP contribution in [-0.4, -0.2) is 49.8 Å². The number of aryl methyl sites for hydroxylation is 1. The van der Waals surface area contributed by atoms with Gasteiger partial charge in [0.2, 0.25) is 10.0 Å². The van der Waals surface area contributed by atoms with Crippen molar-refractivity contribution in [1.82, 2.24) is 9.29 Å². The zero-order valence-electron chi connectivity index (χ0n) is 17.2. The lowest BCUT2D eigenvalue weighted by Crippen LogP contribution is -2.31. The van der Waals surface area contributed by atoms with Crippen molar-refractivity contribution >= 4 is 27.3 Å². The van der Waals surface area contributed by atoms with Crippen LogP contribution in [0.4, 0.5) is 11.4 Å². The monoisotopic (exact) mass is 416 g/mol. The predicted molar refractivity (Wildman–Crippen MR) is 115 cm³/mol. The van der Waals surface area contributed by atoms with Gasteiger partial charge in [0.05, 0.1) is 21.8 Å². The number of aromatic nitrogens is 1. The van der Waals surface area contributed by atoms with Crippen molar-refractivity contribution < 1.29 is 13.2 Å². The first-order valence-corrected chi connectivity index (χ1v) is 11.4. The number of amides is 1. The number of carbonyl (C=O) groups excluding carboxylic acids is 1. The van der Waals surface area contributed by atoms with E-state index in [1.54, 1.807) is 30.3 Å². The SMILES string of the molecule is CCN(CC)S(=O)(=O)c1ccc(N2CCCC2)c(NC(=O)c2ccc(C)nc2)c1. The Bertz CT molecular complexity index is 964. The Balaban J connectivity index is 1.99. The van der Waals surface area contributed by atoms with Crippen LogP contribution in [0.15, 0.2) is 41.4 Å². The highest BCUT2D eigenvalue weighted by atomic mass is 32.2.